The molecule has 0 radical (unpaired) electrons. The summed E-state index contributed by atoms with van der Waals surface area (Å²) >= 11 is 0. The molecule has 7 heteroatoms. The first kappa shape index (κ1) is 11.4. The molecular formula is C10H9F3N4. The molecule has 2 rings (SSSR count). The summed E-state index contributed by atoms with van der Waals surface area (Å²) in [6, 6.07) is 0.957. The number of hydrogen-bond donors (Lipinski definition) is 1. The van der Waals surface area contributed by atoms with Crippen LogP contribution >= 0.6 is 0 Å². The molecule has 4 nitrogen and oxygen atoms in total. The Morgan fingerprint density at radius 3 is 2.88 bits per heavy atom. The molecule has 17 heavy (non-hydrogen) atoms. The fourth-order valence-electron chi connectivity index (χ4n) is 1.37. The molecule has 0 spiro atoms. The zero-order valence-corrected chi connectivity index (χ0v) is 8.70. The third kappa shape index (κ3) is 2.22. The van der Waals surface area contributed by atoms with Crippen molar-refractivity contribution in [2.75, 3.05) is 11.9 Å². The van der Waals surface area contributed by atoms with Gasteiger partial charge in [-0.05, 0) is 0 Å². The standard InChI is InChI=1S/C10H9F3N4/c1-2-3-14-9-7-6-8(10(11,12)13)16-17(7)5-4-15-9/h2,4-6H,1,3H2,(H,14,15). The van der Waals surface area contributed by atoms with Crippen molar-refractivity contribution in [3.05, 3.63) is 36.8 Å². The Morgan fingerprint density at radius 2 is 2.24 bits per heavy atom. The van der Waals surface area contributed by atoms with Crippen molar-refractivity contribution in [2.45, 2.75) is 6.18 Å². The molecule has 2 aromatic heterocycles. The summed E-state index contributed by atoms with van der Waals surface area (Å²) < 4.78 is 38.6. The van der Waals surface area contributed by atoms with Gasteiger partial charge in [0.1, 0.15) is 5.52 Å². The monoisotopic (exact) mass is 242 g/mol. The average molecular weight is 242 g/mol. The van der Waals surface area contributed by atoms with Gasteiger partial charge in [0.15, 0.2) is 11.5 Å². The van der Waals surface area contributed by atoms with E-state index < -0.39 is 11.9 Å². The SMILES string of the molecule is C=CCNc1nccn2nc(C(F)(F)F)cc12. The first-order valence-corrected chi connectivity index (χ1v) is 4.78. The van der Waals surface area contributed by atoms with Crippen LogP contribution in [0.2, 0.25) is 0 Å². The van der Waals surface area contributed by atoms with E-state index >= 15 is 0 Å². The number of nitrogens with one attached hydrogen (secondary N) is 1. The Hall–Kier alpha value is -2.05. The molecule has 0 unspecified atom stereocenters. The Balaban J connectivity index is 2.49. The van der Waals surface area contributed by atoms with Crippen LogP contribution in [-0.2, 0) is 6.18 Å². The molecular weight excluding hydrogens is 233 g/mol. The molecule has 0 bridgehead atoms. The number of aromatic nitrogens is 3. The maximum atomic E-state index is 12.5. The van der Waals surface area contributed by atoms with Gasteiger partial charge < -0.3 is 5.32 Å². The summed E-state index contributed by atoms with van der Waals surface area (Å²) in [5.41, 5.74) is -0.658. The van der Waals surface area contributed by atoms with E-state index in [1.807, 2.05) is 0 Å². The minimum absolute atomic E-state index is 0.279. The molecule has 2 heterocycles. The molecule has 0 aliphatic rings. The van der Waals surface area contributed by atoms with E-state index in [9.17, 15) is 13.2 Å². The Labute approximate surface area is 94.8 Å². The second kappa shape index (κ2) is 4.08. The number of rotatable bonds is 3. The van der Waals surface area contributed by atoms with Crippen molar-refractivity contribution in [1.82, 2.24) is 14.6 Å². The van der Waals surface area contributed by atoms with Crippen LogP contribution in [-0.4, -0.2) is 21.1 Å². The van der Waals surface area contributed by atoms with Gasteiger partial charge in [-0.3, -0.25) is 0 Å². The van der Waals surface area contributed by atoms with Crippen molar-refractivity contribution in [3.63, 3.8) is 0 Å². The predicted octanol–water partition coefficient (Wildman–Crippen LogP) is 2.35. The lowest BCUT2D eigenvalue weighted by Crippen LogP contribution is -2.05. The van der Waals surface area contributed by atoms with Gasteiger partial charge in [0.25, 0.3) is 0 Å². The number of nitrogens with zero attached hydrogens (tertiary/aromatic N) is 3. The van der Waals surface area contributed by atoms with Gasteiger partial charge in [-0.15, -0.1) is 6.58 Å². The van der Waals surface area contributed by atoms with Crippen LogP contribution in [0, 0.1) is 0 Å². The van der Waals surface area contributed by atoms with Crippen LogP contribution in [0.25, 0.3) is 5.52 Å². The van der Waals surface area contributed by atoms with Crippen LogP contribution in [0.4, 0.5) is 19.0 Å². The lowest BCUT2D eigenvalue weighted by molar-refractivity contribution is -0.141. The summed E-state index contributed by atoms with van der Waals surface area (Å²) in [7, 11) is 0. The largest absolute Gasteiger partial charge is 0.435 e. The van der Waals surface area contributed by atoms with Gasteiger partial charge in [0, 0.05) is 25.0 Å². The van der Waals surface area contributed by atoms with Gasteiger partial charge in [-0.25, -0.2) is 9.50 Å². The maximum absolute atomic E-state index is 12.5. The van der Waals surface area contributed by atoms with Crippen molar-refractivity contribution in [3.8, 4) is 0 Å². The van der Waals surface area contributed by atoms with Gasteiger partial charge in [0.05, 0.1) is 0 Å². The highest BCUT2D eigenvalue weighted by atomic mass is 19.4. The fourth-order valence-corrected chi connectivity index (χ4v) is 1.37. The third-order valence-corrected chi connectivity index (χ3v) is 2.09. The van der Waals surface area contributed by atoms with Gasteiger partial charge in [0.2, 0.25) is 0 Å². The van der Waals surface area contributed by atoms with Gasteiger partial charge in [-0.1, -0.05) is 6.08 Å². The van der Waals surface area contributed by atoms with Crippen molar-refractivity contribution < 1.29 is 13.2 Å². The molecule has 0 aliphatic heterocycles. The van der Waals surface area contributed by atoms with Crippen LogP contribution in [0.15, 0.2) is 31.1 Å². The van der Waals surface area contributed by atoms with Crippen LogP contribution in [0.3, 0.4) is 0 Å². The molecule has 0 aliphatic carbocycles. The summed E-state index contributed by atoms with van der Waals surface area (Å²) in [5, 5.41) is 6.28. The average Bonchev–Trinajstić information content (AvgIpc) is 2.70. The van der Waals surface area contributed by atoms with E-state index in [4.69, 9.17) is 0 Å². The summed E-state index contributed by atoms with van der Waals surface area (Å²) in [4.78, 5) is 3.95. The second-order valence-corrected chi connectivity index (χ2v) is 3.30. The Kier molecular flexibility index (Phi) is 2.74. The highest BCUT2D eigenvalue weighted by molar-refractivity contribution is 5.68. The molecule has 0 amide bonds. The molecule has 2 aromatic rings. The van der Waals surface area contributed by atoms with Crippen LogP contribution in [0.5, 0.6) is 0 Å². The number of anilines is 1. The quantitative estimate of drug-likeness (QED) is 0.840. The molecule has 0 saturated carbocycles. The first-order chi connectivity index (χ1) is 8.02. The third-order valence-electron chi connectivity index (χ3n) is 2.09. The van der Waals surface area contributed by atoms with Crippen molar-refractivity contribution in [2.24, 2.45) is 0 Å². The second-order valence-electron chi connectivity index (χ2n) is 3.30. The lowest BCUT2D eigenvalue weighted by Gasteiger charge is -2.02. The molecule has 0 aromatic carbocycles. The highest BCUT2D eigenvalue weighted by Crippen LogP contribution is 2.29. The Morgan fingerprint density at radius 1 is 1.47 bits per heavy atom. The maximum Gasteiger partial charge on any atom is 0.435 e. The highest BCUT2D eigenvalue weighted by Gasteiger charge is 2.34. The summed E-state index contributed by atoms with van der Waals surface area (Å²) in [6.07, 6.45) is -0.122. The van der Waals surface area contributed by atoms with E-state index in [0.29, 0.717) is 12.4 Å². The number of hydrogen-bond acceptors (Lipinski definition) is 3. The molecule has 1 N–H and O–H groups in total. The minimum atomic E-state index is -4.46. The minimum Gasteiger partial charge on any atom is -0.365 e. The van der Waals surface area contributed by atoms with E-state index in [1.165, 1.54) is 12.4 Å². The normalized spacial score (nSPS) is 11.7. The summed E-state index contributed by atoms with van der Waals surface area (Å²) in [6.45, 7) is 3.92. The molecule has 0 saturated heterocycles. The lowest BCUT2D eigenvalue weighted by atomic mass is 10.3. The van der Waals surface area contributed by atoms with Gasteiger partial charge >= 0.3 is 6.18 Å². The Bertz CT molecular complexity index is 544. The van der Waals surface area contributed by atoms with E-state index in [2.05, 4.69) is 22.0 Å². The smallest absolute Gasteiger partial charge is 0.365 e. The van der Waals surface area contributed by atoms with Crippen molar-refractivity contribution >= 4 is 11.3 Å². The zero-order valence-electron chi connectivity index (χ0n) is 8.70. The van der Waals surface area contributed by atoms with E-state index in [-0.39, 0.29) is 5.52 Å². The van der Waals surface area contributed by atoms with Gasteiger partial charge in [-0.2, -0.15) is 18.3 Å². The van der Waals surface area contributed by atoms with Crippen LogP contribution < -0.4 is 5.32 Å². The molecule has 90 valence electrons. The summed E-state index contributed by atoms with van der Waals surface area (Å²) in [5.74, 6) is 0.343. The fraction of sp³-hybridized carbons (Fsp3) is 0.200. The predicted molar refractivity (Wildman–Crippen MR) is 56.7 cm³/mol. The van der Waals surface area contributed by atoms with Crippen molar-refractivity contribution in [1.29, 1.82) is 0 Å². The number of alkyl halides is 3. The zero-order chi connectivity index (χ0) is 12.5. The molecule has 0 atom stereocenters. The first-order valence-electron chi connectivity index (χ1n) is 4.78. The van der Waals surface area contributed by atoms with E-state index in [1.54, 1.807) is 6.08 Å². The number of halogens is 3. The van der Waals surface area contributed by atoms with Crippen LogP contribution in [0.1, 0.15) is 5.69 Å². The topological polar surface area (TPSA) is 42.2 Å². The van der Waals surface area contributed by atoms with E-state index in [0.717, 1.165) is 10.6 Å². The number of fused-ring (bicyclic) bond motifs is 1. The molecule has 0 fully saturated rings.